The highest BCUT2D eigenvalue weighted by Crippen LogP contribution is 2.20. The standard InChI is InChI=1S/C13H18N2O2/c1-2-17-13(16)12-6-4-8-15(12)10-11-5-3-7-14-9-11/h3,5,7,9,12H,2,4,6,8,10H2,1H3. The molecule has 92 valence electrons. The Balaban J connectivity index is 1.98. The number of ether oxygens (including phenoxy) is 1. The molecule has 0 spiro atoms. The molecule has 0 saturated carbocycles. The first-order chi connectivity index (χ1) is 8.31. The molecule has 0 bridgehead atoms. The Labute approximate surface area is 102 Å². The van der Waals surface area contributed by atoms with Crippen LogP contribution in [0.15, 0.2) is 24.5 Å². The van der Waals surface area contributed by atoms with E-state index >= 15 is 0 Å². The van der Waals surface area contributed by atoms with E-state index in [0.717, 1.165) is 31.5 Å². The molecular formula is C13H18N2O2. The van der Waals surface area contributed by atoms with E-state index in [0.29, 0.717) is 6.61 Å². The SMILES string of the molecule is CCOC(=O)C1CCCN1Cc1cccnc1. The molecule has 2 heterocycles. The molecule has 1 aromatic heterocycles. The lowest BCUT2D eigenvalue weighted by Gasteiger charge is -2.22. The molecule has 1 aromatic rings. The number of nitrogens with zero attached hydrogens (tertiary/aromatic N) is 2. The number of pyridine rings is 1. The van der Waals surface area contributed by atoms with E-state index in [1.54, 1.807) is 6.20 Å². The van der Waals surface area contributed by atoms with E-state index in [2.05, 4.69) is 9.88 Å². The monoisotopic (exact) mass is 234 g/mol. The number of hydrogen-bond donors (Lipinski definition) is 0. The number of carbonyl (C=O) groups is 1. The van der Waals surface area contributed by atoms with Gasteiger partial charge in [-0.15, -0.1) is 0 Å². The van der Waals surface area contributed by atoms with Crippen molar-refractivity contribution >= 4 is 5.97 Å². The van der Waals surface area contributed by atoms with Crippen LogP contribution in [0.1, 0.15) is 25.3 Å². The van der Waals surface area contributed by atoms with Crippen LogP contribution in [0, 0.1) is 0 Å². The molecule has 1 fully saturated rings. The maximum absolute atomic E-state index is 11.8. The first-order valence-corrected chi connectivity index (χ1v) is 6.11. The Bertz CT molecular complexity index is 367. The van der Waals surface area contributed by atoms with E-state index in [1.165, 1.54) is 0 Å². The summed E-state index contributed by atoms with van der Waals surface area (Å²) in [7, 11) is 0. The van der Waals surface area contributed by atoms with Crippen LogP contribution in [0.4, 0.5) is 0 Å². The zero-order valence-corrected chi connectivity index (χ0v) is 10.1. The number of carbonyl (C=O) groups excluding carboxylic acids is 1. The minimum Gasteiger partial charge on any atom is -0.465 e. The lowest BCUT2D eigenvalue weighted by molar-refractivity contribution is -0.148. The second-order valence-electron chi connectivity index (χ2n) is 4.24. The van der Waals surface area contributed by atoms with Crippen LogP contribution in [0.3, 0.4) is 0 Å². The quantitative estimate of drug-likeness (QED) is 0.742. The normalized spacial score (nSPS) is 20.4. The lowest BCUT2D eigenvalue weighted by atomic mass is 10.2. The third-order valence-corrected chi connectivity index (χ3v) is 3.03. The molecule has 0 amide bonds. The topological polar surface area (TPSA) is 42.4 Å². The molecule has 0 aliphatic carbocycles. The van der Waals surface area contributed by atoms with Gasteiger partial charge in [0, 0.05) is 18.9 Å². The molecule has 1 saturated heterocycles. The Morgan fingerprint density at radius 1 is 1.65 bits per heavy atom. The predicted molar refractivity (Wildman–Crippen MR) is 64.3 cm³/mol. The Hall–Kier alpha value is -1.42. The van der Waals surface area contributed by atoms with Crippen LogP contribution < -0.4 is 0 Å². The van der Waals surface area contributed by atoms with Crippen molar-refractivity contribution < 1.29 is 9.53 Å². The molecular weight excluding hydrogens is 216 g/mol. The van der Waals surface area contributed by atoms with E-state index in [4.69, 9.17) is 4.74 Å². The molecule has 1 unspecified atom stereocenters. The highest BCUT2D eigenvalue weighted by atomic mass is 16.5. The largest absolute Gasteiger partial charge is 0.465 e. The molecule has 4 heteroatoms. The van der Waals surface area contributed by atoms with Crippen LogP contribution in [-0.4, -0.2) is 35.0 Å². The van der Waals surface area contributed by atoms with Crippen molar-refractivity contribution in [2.75, 3.05) is 13.2 Å². The zero-order chi connectivity index (χ0) is 12.1. The van der Waals surface area contributed by atoms with Gasteiger partial charge in [-0.3, -0.25) is 14.7 Å². The van der Waals surface area contributed by atoms with Gasteiger partial charge in [0.2, 0.25) is 0 Å². The molecule has 0 radical (unpaired) electrons. The average Bonchev–Trinajstić information content (AvgIpc) is 2.79. The summed E-state index contributed by atoms with van der Waals surface area (Å²) in [5.41, 5.74) is 1.14. The highest BCUT2D eigenvalue weighted by molar-refractivity contribution is 5.76. The third kappa shape index (κ3) is 3.03. The second-order valence-corrected chi connectivity index (χ2v) is 4.24. The summed E-state index contributed by atoms with van der Waals surface area (Å²) in [6, 6.07) is 3.88. The fourth-order valence-corrected chi connectivity index (χ4v) is 2.25. The van der Waals surface area contributed by atoms with Crippen molar-refractivity contribution in [1.29, 1.82) is 0 Å². The number of hydrogen-bond acceptors (Lipinski definition) is 4. The van der Waals surface area contributed by atoms with Crippen molar-refractivity contribution in [2.45, 2.75) is 32.4 Å². The summed E-state index contributed by atoms with van der Waals surface area (Å²) in [5.74, 6) is -0.0890. The summed E-state index contributed by atoms with van der Waals surface area (Å²) in [6.07, 6.45) is 5.57. The van der Waals surface area contributed by atoms with Gasteiger partial charge in [0.25, 0.3) is 0 Å². The summed E-state index contributed by atoms with van der Waals surface area (Å²) in [6.45, 7) is 4.03. The Morgan fingerprint density at radius 2 is 2.53 bits per heavy atom. The fourth-order valence-electron chi connectivity index (χ4n) is 2.25. The summed E-state index contributed by atoms with van der Waals surface area (Å²) in [4.78, 5) is 18.0. The molecule has 1 aliphatic heterocycles. The number of likely N-dealkylation sites (tertiary alicyclic amines) is 1. The molecule has 2 rings (SSSR count). The first kappa shape index (κ1) is 12.0. The summed E-state index contributed by atoms with van der Waals surface area (Å²) >= 11 is 0. The molecule has 1 aliphatic rings. The maximum Gasteiger partial charge on any atom is 0.323 e. The maximum atomic E-state index is 11.8. The van der Waals surface area contributed by atoms with Gasteiger partial charge >= 0.3 is 5.97 Å². The summed E-state index contributed by atoms with van der Waals surface area (Å²) in [5, 5.41) is 0. The zero-order valence-electron chi connectivity index (χ0n) is 10.1. The van der Waals surface area contributed by atoms with Crippen molar-refractivity contribution in [3.63, 3.8) is 0 Å². The van der Waals surface area contributed by atoms with Crippen molar-refractivity contribution in [3.05, 3.63) is 30.1 Å². The predicted octanol–water partition coefficient (Wildman–Crippen LogP) is 1.61. The minimum atomic E-state index is -0.0890. The third-order valence-electron chi connectivity index (χ3n) is 3.03. The van der Waals surface area contributed by atoms with Gasteiger partial charge in [0.15, 0.2) is 0 Å². The van der Waals surface area contributed by atoms with Gasteiger partial charge in [-0.25, -0.2) is 0 Å². The van der Waals surface area contributed by atoms with E-state index < -0.39 is 0 Å². The smallest absolute Gasteiger partial charge is 0.323 e. The van der Waals surface area contributed by atoms with Gasteiger partial charge < -0.3 is 4.74 Å². The van der Waals surface area contributed by atoms with Crippen LogP contribution >= 0.6 is 0 Å². The van der Waals surface area contributed by atoms with Crippen molar-refractivity contribution in [2.24, 2.45) is 0 Å². The van der Waals surface area contributed by atoms with E-state index in [-0.39, 0.29) is 12.0 Å². The van der Waals surface area contributed by atoms with Gasteiger partial charge in [0.05, 0.1) is 6.61 Å². The van der Waals surface area contributed by atoms with Gasteiger partial charge in [-0.2, -0.15) is 0 Å². The average molecular weight is 234 g/mol. The van der Waals surface area contributed by atoms with Crippen LogP contribution in [0.25, 0.3) is 0 Å². The van der Waals surface area contributed by atoms with E-state index in [9.17, 15) is 4.79 Å². The number of aromatic nitrogens is 1. The molecule has 17 heavy (non-hydrogen) atoms. The van der Waals surface area contributed by atoms with Gasteiger partial charge in [0.1, 0.15) is 6.04 Å². The Kier molecular flexibility index (Phi) is 4.09. The molecule has 0 N–H and O–H groups in total. The van der Waals surface area contributed by atoms with Crippen molar-refractivity contribution in [3.8, 4) is 0 Å². The molecule has 1 atom stereocenters. The van der Waals surface area contributed by atoms with Crippen LogP contribution in [0.2, 0.25) is 0 Å². The van der Waals surface area contributed by atoms with Gasteiger partial charge in [-0.1, -0.05) is 6.07 Å². The second kappa shape index (κ2) is 5.77. The van der Waals surface area contributed by atoms with Gasteiger partial charge in [-0.05, 0) is 37.9 Å². The first-order valence-electron chi connectivity index (χ1n) is 6.11. The number of rotatable bonds is 4. The fraction of sp³-hybridized carbons (Fsp3) is 0.538. The molecule has 4 nitrogen and oxygen atoms in total. The lowest BCUT2D eigenvalue weighted by Crippen LogP contribution is -2.36. The highest BCUT2D eigenvalue weighted by Gasteiger charge is 2.31. The number of esters is 1. The summed E-state index contributed by atoms with van der Waals surface area (Å²) < 4.78 is 5.10. The van der Waals surface area contributed by atoms with E-state index in [1.807, 2.05) is 25.3 Å². The van der Waals surface area contributed by atoms with Crippen molar-refractivity contribution in [1.82, 2.24) is 9.88 Å². The Morgan fingerprint density at radius 3 is 3.24 bits per heavy atom. The molecule has 0 aromatic carbocycles. The van der Waals surface area contributed by atoms with Crippen LogP contribution in [0.5, 0.6) is 0 Å². The van der Waals surface area contributed by atoms with Crippen LogP contribution in [-0.2, 0) is 16.1 Å². The minimum absolute atomic E-state index is 0.0739.